The number of anilines is 1. The first-order valence-corrected chi connectivity index (χ1v) is 7.95. The van der Waals surface area contributed by atoms with Crippen molar-refractivity contribution in [1.82, 2.24) is 0 Å². The molecule has 0 bridgehead atoms. The van der Waals surface area contributed by atoms with Crippen molar-refractivity contribution in [2.45, 2.75) is 6.54 Å². The molecule has 94 valence electrons. The van der Waals surface area contributed by atoms with E-state index in [0.717, 1.165) is 36.2 Å². The molecule has 0 heterocycles. The molecular formula is C13H9Br3ClN. The maximum atomic E-state index is 6.06. The highest BCUT2D eigenvalue weighted by atomic mass is 79.9. The first-order valence-electron chi connectivity index (χ1n) is 5.19. The summed E-state index contributed by atoms with van der Waals surface area (Å²) in [7, 11) is 0. The molecule has 1 N–H and O–H groups in total. The van der Waals surface area contributed by atoms with E-state index in [-0.39, 0.29) is 0 Å². The Balaban J connectivity index is 2.11. The third kappa shape index (κ3) is 3.73. The second kappa shape index (κ2) is 6.42. The SMILES string of the molecule is Clc1cc(CNc2cc(Br)ccc2Br)ccc1Br. The number of rotatable bonds is 3. The number of nitrogens with one attached hydrogen (secondary N) is 1. The maximum absolute atomic E-state index is 6.06. The monoisotopic (exact) mass is 451 g/mol. The van der Waals surface area contributed by atoms with Gasteiger partial charge in [0.25, 0.3) is 0 Å². The van der Waals surface area contributed by atoms with E-state index in [1.54, 1.807) is 0 Å². The number of hydrogen-bond acceptors (Lipinski definition) is 1. The van der Waals surface area contributed by atoms with E-state index in [1.807, 2.05) is 36.4 Å². The van der Waals surface area contributed by atoms with Crippen molar-refractivity contribution in [2.75, 3.05) is 5.32 Å². The van der Waals surface area contributed by atoms with Gasteiger partial charge < -0.3 is 5.32 Å². The summed E-state index contributed by atoms with van der Waals surface area (Å²) in [5.41, 5.74) is 2.18. The van der Waals surface area contributed by atoms with Crippen molar-refractivity contribution in [3.63, 3.8) is 0 Å². The highest BCUT2D eigenvalue weighted by molar-refractivity contribution is 9.11. The third-order valence-corrected chi connectivity index (χ3v) is 4.81. The lowest BCUT2D eigenvalue weighted by atomic mass is 10.2. The fourth-order valence-electron chi connectivity index (χ4n) is 1.48. The van der Waals surface area contributed by atoms with Crippen molar-refractivity contribution in [1.29, 1.82) is 0 Å². The quantitative estimate of drug-likeness (QED) is 0.579. The molecule has 0 aliphatic carbocycles. The molecule has 2 rings (SSSR count). The van der Waals surface area contributed by atoms with Gasteiger partial charge in [-0.05, 0) is 67.8 Å². The van der Waals surface area contributed by atoms with Crippen LogP contribution in [0, 0.1) is 0 Å². The summed E-state index contributed by atoms with van der Waals surface area (Å²) in [6, 6.07) is 12.0. The standard InChI is InChI=1S/C13H9Br3ClN/c14-9-2-4-11(16)13(6-9)18-7-8-1-3-10(15)12(17)5-8/h1-6,18H,7H2. The molecule has 0 unspecified atom stereocenters. The molecule has 0 aliphatic heterocycles. The molecule has 18 heavy (non-hydrogen) atoms. The minimum absolute atomic E-state index is 0.724. The lowest BCUT2D eigenvalue weighted by molar-refractivity contribution is 1.14. The average molecular weight is 454 g/mol. The summed E-state index contributed by atoms with van der Waals surface area (Å²) in [6.45, 7) is 0.724. The molecule has 0 spiro atoms. The number of hydrogen-bond donors (Lipinski definition) is 1. The van der Waals surface area contributed by atoms with Crippen molar-refractivity contribution < 1.29 is 0 Å². The molecule has 0 radical (unpaired) electrons. The van der Waals surface area contributed by atoms with E-state index >= 15 is 0 Å². The lowest BCUT2D eigenvalue weighted by Gasteiger charge is -2.10. The van der Waals surface area contributed by atoms with Crippen LogP contribution in [0.4, 0.5) is 5.69 Å². The van der Waals surface area contributed by atoms with Crippen LogP contribution in [0.3, 0.4) is 0 Å². The van der Waals surface area contributed by atoms with Crippen LogP contribution < -0.4 is 5.32 Å². The largest absolute Gasteiger partial charge is 0.380 e. The maximum Gasteiger partial charge on any atom is 0.0551 e. The Kier molecular flexibility index (Phi) is 5.13. The van der Waals surface area contributed by atoms with Crippen molar-refractivity contribution in [2.24, 2.45) is 0 Å². The first-order chi connectivity index (χ1) is 8.56. The van der Waals surface area contributed by atoms with Gasteiger partial charge in [-0.25, -0.2) is 0 Å². The summed E-state index contributed by atoms with van der Waals surface area (Å²) in [6.07, 6.45) is 0. The van der Waals surface area contributed by atoms with E-state index in [9.17, 15) is 0 Å². The zero-order chi connectivity index (χ0) is 13.1. The van der Waals surface area contributed by atoms with Gasteiger partial charge in [0.1, 0.15) is 0 Å². The van der Waals surface area contributed by atoms with Crippen LogP contribution >= 0.6 is 59.4 Å². The van der Waals surface area contributed by atoms with Gasteiger partial charge in [-0.3, -0.25) is 0 Å². The van der Waals surface area contributed by atoms with Gasteiger partial charge >= 0.3 is 0 Å². The molecule has 2 aromatic carbocycles. The molecule has 0 fully saturated rings. The number of benzene rings is 2. The van der Waals surface area contributed by atoms with Crippen LogP contribution in [0.1, 0.15) is 5.56 Å². The molecule has 2 aromatic rings. The fourth-order valence-corrected chi connectivity index (χ4v) is 2.68. The first kappa shape index (κ1) is 14.4. The summed E-state index contributed by atoms with van der Waals surface area (Å²) in [4.78, 5) is 0. The Labute approximate surface area is 136 Å². The van der Waals surface area contributed by atoms with Crippen LogP contribution in [-0.4, -0.2) is 0 Å². The molecule has 1 nitrogen and oxygen atoms in total. The van der Waals surface area contributed by atoms with Crippen molar-refractivity contribution >= 4 is 65.1 Å². The van der Waals surface area contributed by atoms with E-state index in [0.29, 0.717) is 0 Å². The molecule has 5 heteroatoms. The smallest absolute Gasteiger partial charge is 0.0551 e. The second-order valence-corrected chi connectivity index (χ2v) is 6.76. The van der Waals surface area contributed by atoms with Gasteiger partial charge in [-0.2, -0.15) is 0 Å². The Hall–Kier alpha value is -0.0300. The Bertz CT molecular complexity index is 572. The predicted molar refractivity (Wildman–Crippen MR) is 88.3 cm³/mol. The van der Waals surface area contributed by atoms with Gasteiger partial charge in [0, 0.05) is 25.7 Å². The molecule has 0 aliphatic rings. The van der Waals surface area contributed by atoms with Crippen LogP contribution in [-0.2, 0) is 6.54 Å². The Morgan fingerprint density at radius 3 is 2.39 bits per heavy atom. The van der Waals surface area contributed by atoms with Gasteiger partial charge in [0.05, 0.1) is 5.02 Å². The Morgan fingerprint density at radius 1 is 0.944 bits per heavy atom. The normalized spacial score (nSPS) is 10.4. The summed E-state index contributed by atoms with van der Waals surface area (Å²) in [5.74, 6) is 0. The van der Waals surface area contributed by atoms with Crippen molar-refractivity contribution in [3.05, 3.63) is 60.4 Å². The summed E-state index contributed by atoms with van der Waals surface area (Å²) in [5, 5.41) is 4.09. The predicted octanol–water partition coefficient (Wildman–Crippen LogP) is 6.24. The summed E-state index contributed by atoms with van der Waals surface area (Å²) < 4.78 is 2.99. The average Bonchev–Trinajstić information content (AvgIpc) is 2.34. The highest BCUT2D eigenvalue weighted by Gasteiger charge is 2.02. The second-order valence-electron chi connectivity index (χ2n) is 3.73. The molecule has 0 aromatic heterocycles. The minimum Gasteiger partial charge on any atom is -0.380 e. The van der Waals surface area contributed by atoms with Crippen LogP contribution in [0.25, 0.3) is 0 Å². The molecule has 0 amide bonds. The van der Waals surface area contributed by atoms with E-state index in [4.69, 9.17) is 11.6 Å². The van der Waals surface area contributed by atoms with Gasteiger partial charge in [-0.1, -0.05) is 33.6 Å². The summed E-state index contributed by atoms with van der Waals surface area (Å²) >= 11 is 16.4. The minimum atomic E-state index is 0.724. The van der Waals surface area contributed by atoms with Crippen LogP contribution in [0.5, 0.6) is 0 Å². The Morgan fingerprint density at radius 2 is 1.67 bits per heavy atom. The topological polar surface area (TPSA) is 12.0 Å². The van der Waals surface area contributed by atoms with E-state index in [2.05, 4.69) is 53.1 Å². The van der Waals surface area contributed by atoms with Gasteiger partial charge in [0.15, 0.2) is 0 Å². The molecule has 0 saturated heterocycles. The zero-order valence-corrected chi connectivity index (χ0v) is 14.7. The van der Waals surface area contributed by atoms with Crippen LogP contribution in [0.15, 0.2) is 49.8 Å². The third-order valence-electron chi connectivity index (χ3n) is 2.40. The van der Waals surface area contributed by atoms with Gasteiger partial charge in [0.2, 0.25) is 0 Å². The number of halogens is 4. The lowest BCUT2D eigenvalue weighted by Crippen LogP contribution is -2.00. The highest BCUT2D eigenvalue weighted by Crippen LogP contribution is 2.27. The van der Waals surface area contributed by atoms with E-state index < -0.39 is 0 Å². The fraction of sp³-hybridized carbons (Fsp3) is 0.0769. The molecule has 0 saturated carbocycles. The zero-order valence-electron chi connectivity index (χ0n) is 9.18. The van der Waals surface area contributed by atoms with E-state index in [1.165, 1.54) is 0 Å². The molecule has 0 atom stereocenters. The van der Waals surface area contributed by atoms with Crippen molar-refractivity contribution in [3.8, 4) is 0 Å². The van der Waals surface area contributed by atoms with Gasteiger partial charge in [-0.15, -0.1) is 0 Å². The molecular weight excluding hydrogens is 445 g/mol. The van der Waals surface area contributed by atoms with Crippen LogP contribution in [0.2, 0.25) is 5.02 Å².